The lowest BCUT2D eigenvalue weighted by atomic mass is 9.96. The van der Waals surface area contributed by atoms with Crippen molar-refractivity contribution in [2.75, 3.05) is 93.9 Å². The Kier molecular flexibility index (Phi) is 19.0. The van der Waals surface area contributed by atoms with Gasteiger partial charge in [-0.05, 0) is 88.0 Å². The van der Waals surface area contributed by atoms with Crippen LogP contribution in [0.25, 0.3) is 98.8 Å². The number of methoxy groups -OCH3 is 1. The number of halogens is 7. The second-order valence-corrected chi connectivity index (χ2v) is 25.3. The Morgan fingerprint density at radius 3 is 1.63 bits per heavy atom. The Bertz CT molecular complexity index is 5140. The summed E-state index contributed by atoms with van der Waals surface area (Å²) in [6.45, 7) is 13.5. The van der Waals surface area contributed by atoms with Gasteiger partial charge in [-0.3, -0.25) is 39.3 Å². The summed E-state index contributed by atoms with van der Waals surface area (Å²) >= 11 is 12.4. The Morgan fingerprint density at radius 2 is 1.06 bits per heavy atom. The Labute approximate surface area is 586 Å². The third kappa shape index (κ3) is 12.8. The van der Waals surface area contributed by atoms with Crippen LogP contribution in [0.3, 0.4) is 0 Å². The fourth-order valence-corrected chi connectivity index (χ4v) is 14.4. The number of aromatic nitrogens is 7. The maximum Gasteiger partial charge on any atom is 0.246 e. The minimum atomic E-state index is -0.627. The molecule has 0 saturated carbocycles. The molecule has 4 aliphatic rings. The number of pyridine rings is 5. The number of carbonyl (C=O) groups excluding carboxylic acids is 3. The summed E-state index contributed by atoms with van der Waals surface area (Å²) in [7, 11) is 1.58. The van der Waals surface area contributed by atoms with Gasteiger partial charge >= 0.3 is 0 Å². The highest BCUT2D eigenvalue weighted by Crippen LogP contribution is 2.43. The molecule has 6 aromatic heterocycles. The molecule has 17 nitrogen and oxygen atoms in total. The lowest BCUT2D eigenvalue weighted by molar-refractivity contribution is -0.127. The zero-order valence-corrected chi connectivity index (χ0v) is 55.9. The molecule has 0 spiro atoms. The molecule has 0 aliphatic carbocycles. The van der Waals surface area contributed by atoms with Crippen molar-refractivity contribution in [1.29, 1.82) is 0 Å². The monoisotopic (exact) mass is 1400 g/mol. The van der Waals surface area contributed by atoms with Crippen LogP contribution in [0.4, 0.5) is 39.1 Å². The number of hydrogen-bond acceptors (Lipinski definition) is 14. The number of anilines is 3. The lowest BCUT2D eigenvalue weighted by Gasteiger charge is -2.47. The number of fused-ring (bicyclic) bond motifs is 7. The van der Waals surface area contributed by atoms with E-state index in [0.29, 0.717) is 132 Å². The molecule has 4 fully saturated rings. The molecule has 6 aromatic carbocycles. The molecule has 4 aliphatic heterocycles. The molecule has 3 amide bonds. The van der Waals surface area contributed by atoms with Gasteiger partial charge in [0.1, 0.15) is 57.4 Å². The molecule has 0 N–H and O–H groups in total. The molecule has 24 heteroatoms. The highest BCUT2D eigenvalue weighted by Gasteiger charge is 2.49. The van der Waals surface area contributed by atoms with Gasteiger partial charge in [0.05, 0.1) is 29.1 Å². The van der Waals surface area contributed by atoms with Crippen LogP contribution >= 0.6 is 23.2 Å². The van der Waals surface area contributed by atoms with E-state index in [1.165, 1.54) is 36.7 Å². The maximum absolute atomic E-state index is 15.9. The summed E-state index contributed by atoms with van der Waals surface area (Å²) in [6, 6.07) is 32.9. The van der Waals surface area contributed by atoms with Crippen molar-refractivity contribution in [3.63, 3.8) is 0 Å². The van der Waals surface area contributed by atoms with E-state index in [4.69, 9.17) is 27.9 Å². The molecule has 101 heavy (non-hydrogen) atoms. The van der Waals surface area contributed by atoms with Crippen LogP contribution in [-0.4, -0.2) is 159 Å². The summed E-state index contributed by atoms with van der Waals surface area (Å²) in [6.07, 6.45) is 16.1. The lowest BCUT2D eigenvalue weighted by Crippen LogP contribution is -2.63. The van der Waals surface area contributed by atoms with Crippen LogP contribution in [0.2, 0.25) is 10.0 Å². The summed E-state index contributed by atoms with van der Waals surface area (Å²) < 4.78 is 80.1. The molecule has 4 saturated heterocycles. The van der Waals surface area contributed by atoms with Gasteiger partial charge < -0.3 is 34.1 Å². The average molecular weight is 1400 g/mol. The number of nitrogens with zero attached hydrogens (tertiary/aromatic N) is 13. The number of hydrogen-bond donors (Lipinski definition) is 0. The second kappa shape index (κ2) is 28.6. The van der Waals surface area contributed by atoms with Crippen molar-refractivity contribution >= 4 is 123 Å². The van der Waals surface area contributed by atoms with E-state index in [1.54, 1.807) is 115 Å². The zero-order chi connectivity index (χ0) is 70.2. The first-order chi connectivity index (χ1) is 49.1. The van der Waals surface area contributed by atoms with E-state index >= 15 is 13.2 Å². The number of ether oxygens (including phenoxy) is 1. The van der Waals surface area contributed by atoms with Crippen LogP contribution < -0.4 is 14.7 Å². The first-order valence-electron chi connectivity index (χ1n) is 32.6. The second-order valence-electron chi connectivity index (χ2n) is 24.5. The molecule has 10 heterocycles. The molecule has 12 aromatic rings. The van der Waals surface area contributed by atoms with Crippen molar-refractivity contribution in [2.24, 2.45) is 0 Å². The number of amides is 3. The van der Waals surface area contributed by atoms with Gasteiger partial charge in [-0.2, -0.15) is 0 Å². The summed E-state index contributed by atoms with van der Waals surface area (Å²) in [5.74, 6) is -2.14. The largest absolute Gasteiger partial charge is 0.381 e. The Balaban J connectivity index is 0.000000129. The number of likely N-dealkylation sites (tertiary alicyclic amines) is 1. The molecule has 2 atom stereocenters. The first-order valence-corrected chi connectivity index (χ1v) is 33.3. The SMILES string of the molecule is C=CC(=O)N1CCN(c2ccnc3c(F)c(-c4cccc5cc(Cl)ccc45)ncc23)CC1.C=CC(=O)N1CCN(c2ccnc3c(F)c(-c4cccc5cc(F)ccc45)ncc23)CC1.COC/C=C/C(=O)N1CC[C@@H]2[C@H]1CN2c1ncnc2c(F)c(-c3cccc4ccc(F)c(Cl)c34)ncc12. The average Bonchev–Trinajstić information content (AvgIpc) is 1.69. The molecular weight excluding hydrogens is 1340 g/mol. The smallest absolute Gasteiger partial charge is 0.246 e. The van der Waals surface area contributed by atoms with E-state index < -0.39 is 23.3 Å². The molecule has 0 unspecified atom stereocenters. The van der Waals surface area contributed by atoms with Gasteiger partial charge in [0.2, 0.25) is 17.7 Å². The summed E-state index contributed by atoms with van der Waals surface area (Å²) in [4.78, 5) is 78.6. The fourth-order valence-electron chi connectivity index (χ4n) is 13.9. The van der Waals surface area contributed by atoms with Crippen molar-refractivity contribution in [1.82, 2.24) is 49.6 Å². The van der Waals surface area contributed by atoms with Crippen LogP contribution in [0.5, 0.6) is 0 Å². The maximum atomic E-state index is 15.9. The molecule has 0 bridgehead atoms. The van der Waals surface area contributed by atoms with Gasteiger partial charge in [-0.15, -0.1) is 0 Å². The highest BCUT2D eigenvalue weighted by atomic mass is 35.5. The van der Waals surface area contributed by atoms with Gasteiger partial charge in [0, 0.05) is 159 Å². The minimum absolute atomic E-state index is 0.0391. The third-order valence-corrected chi connectivity index (χ3v) is 19.6. The first kappa shape index (κ1) is 67.1. The Hall–Kier alpha value is -11.1. The predicted octanol–water partition coefficient (Wildman–Crippen LogP) is 14.4. The van der Waals surface area contributed by atoms with Crippen LogP contribution in [0.1, 0.15) is 6.42 Å². The Morgan fingerprint density at radius 1 is 0.535 bits per heavy atom. The van der Waals surface area contributed by atoms with Gasteiger partial charge in [-0.25, -0.2) is 31.9 Å². The van der Waals surface area contributed by atoms with E-state index in [-0.39, 0.29) is 74.3 Å². The third-order valence-electron chi connectivity index (χ3n) is 19.0. The van der Waals surface area contributed by atoms with E-state index in [2.05, 4.69) is 62.7 Å². The normalized spacial score (nSPS) is 16.0. The van der Waals surface area contributed by atoms with E-state index in [9.17, 15) is 23.2 Å². The van der Waals surface area contributed by atoms with Crippen molar-refractivity contribution in [3.05, 3.63) is 229 Å². The molecule has 508 valence electrons. The molecular formula is C77H62Cl2F5N13O4. The van der Waals surface area contributed by atoms with Gasteiger partial charge in [0.25, 0.3) is 0 Å². The van der Waals surface area contributed by atoms with Crippen LogP contribution in [-0.2, 0) is 19.1 Å². The van der Waals surface area contributed by atoms with Gasteiger partial charge in [0.15, 0.2) is 17.5 Å². The molecule has 0 radical (unpaired) electrons. The van der Waals surface area contributed by atoms with Gasteiger partial charge in [-0.1, -0.05) is 115 Å². The fraction of sp³-hybridized carbons (Fsp3) is 0.195. The van der Waals surface area contributed by atoms with E-state index in [1.807, 2.05) is 47.4 Å². The van der Waals surface area contributed by atoms with E-state index in [0.717, 1.165) is 34.0 Å². The van der Waals surface area contributed by atoms with Crippen molar-refractivity contribution in [2.45, 2.75) is 18.5 Å². The number of rotatable bonds is 11. The molecule has 16 rings (SSSR count). The summed E-state index contributed by atoms with van der Waals surface area (Å²) in [5, 5.41) is 6.56. The number of piperazine rings is 2. The predicted molar refractivity (Wildman–Crippen MR) is 385 cm³/mol. The highest BCUT2D eigenvalue weighted by molar-refractivity contribution is 6.37. The van der Waals surface area contributed by atoms with Crippen molar-refractivity contribution < 1.29 is 41.1 Å². The van der Waals surface area contributed by atoms with Crippen LogP contribution in [0.15, 0.2) is 190 Å². The van der Waals surface area contributed by atoms with Crippen LogP contribution in [0, 0.1) is 29.1 Å². The standard InChI is InChI=1S/C27H22ClF2N5O2.C25H20ClFN4O.C25H20F2N4O/c1-37-11-3-6-21(36)34-10-9-19-20(34)13-35(19)27-17-12-31-25(24(30)26(17)32-14-33-27)16-5-2-4-15-7-8-18(29)23(28)22(15)16;2*1-2-22(32)31-12-10-30(11-13-31)21-8-9-28-25-20(21)15-29-24(23(25)27)19-5-3-4-16-14-17(26)6-7-18(16)19/h2-8,12,14,19-20H,9-11,13H2,1H3;2*2-9,14-15H,1,10-13H2/b6-3+;;/t19-,20-;;/m1../s1. The van der Waals surface area contributed by atoms with Crippen molar-refractivity contribution in [3.8, 4) is 33.8 Å². The topological polar surface area (TPSA) is 170 Å². The zero-order valence-electron chi connectivity index (χ0n) is 54.4. The number of carbonyl (C=O) groups is 3. The minimum Gasteiger partial charge on any atom is -0.381 e. The quantitative estimate of drug-likeness (QED) is 0.0885. The number of benzene rings is 6. The summed E-state index contributed by atoms with van der Waals surface area (Å²) in [5.41, 5.74) is 4.48.